The molecule has 0 N–H and O–H groups in total. The second kappa shape index (κ2) is 5.90. The lowest BCUT2D eigenvalue weighted by molar-refractivity contribution is 0.626. The summed E-state index contributed by atoms with van der Waals surface area (Å²) in [6.07, 6.45) is 12.1. The van der Waals surface area contributed by atoms with Gasteiger partial charge in [0.1, 0.15) is 5.82 Å². The van der Waals surface area contributed by atoms with Gasteiger partial charge in [-0.2, -0.15) is 10.0 Å². The predicted octanol–water partition coefficient (Wildman–Crippen LogP) is 5.56. The van der Waals surface area contributed by atoms with Crippen LogP contribution in [0, 0.1) is 5.82 Å². The van der Waals surface area contributed by atoms with Gasteiger partial charge in [-0.3, -0.25) is 0 Å². The molecular formula is C19H19FS. The van der Waals surface area contributed by atoms with Gasteiger partial charge in [-0.1, -0.05) is 42.5 Å². The molecule has 0 aliphatic heterocycles. The minimum Gasteiger partial charge on any atom is -0.207 e. The summed E-state index contributed by atoms with van der Waals surface area (Å²) in [5.41, 5.74) is 0. The van der Waals surface area contributed by atoms with Gasteiger partial charge in [0.2, 0.25) is 0 Å². The maximum Gasteiger partial charge on any atom is 0.123 e. The quantitative estimate of drug-likeness (QED) is 0.695. The maximum atomic E-state index is 13.3. The molecular weight excluding hydrogens is 279 g/mol. The molecule has 0 saturated heterocycles. The number of halogens is 1. The molecule has 21 heavy (non-hydrogen) atoms. The zero-order valence-electron chi connectivity index (χ0n) is 12.1. The molecule has 108 valence electrons. The van der Waals surface area contributed by atoms with E-state index in [1.807, 2.05) is 18.2 Å². The topological polar surface area (TPSA) is 0 Å². The van der Waals surface area contributed by atoms with Gasteiger partial charge in [0.25, 0.3) is 0 Å². The average molecular weight is 298 g/mol. The van der Waals surface area contributed by atoms with Crippen molar-refractivity contribution in [2.24, 2.45) is 0 Å². The summed E-state index contributed by atoms with van der Waals surface area (Å²) in [4.78, 5) is 2.58. The van der Waals surface area contributed by atoms with E-state index in [-0.39, 0.29) is 5.82 Å². The number of allylic oxidation sites excluding steroid dienone is 3. The van der Waals surface area contributed by atoms with Crippen LogP contribution in [0.3, 0.4) is 0 Å². The molecule has 1 aliphatic carbocycles. The molecule has 0 heterocycles. The molecule has 0 amide bonds. The summed E-state index contributed by atoms with van der Waals surface area (Å²) in [6, 6.07) is 17.7. The molecule has 3 rings (SSSR count). The average Bonchev–Trinajstić information content (AvgIpc) is 2.56. The van der Waals surface area contributed by atoms with Crippen LogP contribution < -0.4 is 0 Å². The summed E-state index contributed by atoms with van der Waals surface area (Å²) < 4.78 is 13.3. The van der Waals surface area contributed by atoms with E-state index >= 15 is 0 Å². The predicted molar refractivity (Wildman–Crippen MR) is 89.6 cm³/mol. The molecule has 0 radical (unpaired) electrons. The molecule has 2 atom stereocenters. The highest BCUT2D eigenvalue weighted by Crippen LogP contribution is 2.64. The molecule has 2 aromatic rings. The van der Waals surface area contributed by atoms with Gasteiger partial charge < -0.3 is 0 Å². The van der Waals surface area contributed by atoms with Crippen LogP contribution in [0.2, 0.25) is 0 Å². The van der Waals surface area contributed by atoms with E-state index in [0.717, 1.165) is 6.42 Å². The Morgan fingerprint density at radius 2 is 1.57 bits per heavy atom. The van der Waals surface area contributed by atoms with Gasteiger partial charge in [-0.05, 0) is 58.9 Å². The Morgan fingerprint density at radius 3 is 2.19 bits per heavy atom. The van der Waals surface area contributed by atoms with Crippen molar-refractivity contribution in [1.82, 2.24) is 0 Å². The van der Waals surface area contributed by atoms with Crippen molar-refractivity contribution in [3.8, 4) is 0 Å². The largest absolute Gasteiger partial charge is 0.207 e. The Kier molecular flexibility index (Phi) is 3.98. The van der Waals surface area contributed by atoms with Crippen molar-refractivity contribution in [2.75, 3.05) is 6.26 Å². The first kappa shape index (κ1) is 14.2. The van der Waals surface area contributed by atoms with Gasteiger partial charge in [0, 0.05) is 5.25 Å². The fourth-order valence-corrected chi connectivity index (χ4v) is 6.11. The van der Waals surface area contributed by atoms with Gasteiger partial charge in [0.15, 0.2) is 0 Å². The van der Waals surface area contributed by atoms with E-state index in [0.29, 0.717) is 5.25 Å². The van der Waals surface area contributed by atoms with Gasteiger partial charge in [0.05, 0.1) is 0 Å². The summed E-state index contributed by atoms with van der Waals surface area (Å²) in [7, 11) is -1.22. The summed E-state index contributed by atoms with van der Waals surface area (Å²) in [5, 5.41) is 0.454. The van der Waals surface area contributed by atoms with Gasteiger partial charge >= 0.3 is 0 Å². The first-order valence-corrected chi connectivity index (χ1v) is 9.23. The van der Waals surface area contributed by atoms with E-state index in [9.17, 15) is 4.39 Å². The molecule has 0 aromatic heterocycles. The van der Waals surface area contributed by atoms with Gasteiger partial charge in [-0.25, -0.2) is 4.39 Å². The third-order valence-electron chi connectivity index (χ3n) is 4.08. The second-order valence-electron chi connectivity index (χ2n) is 5.34. The number of rotatable bonds is 3. The molecule has 2 heteroatoms. The summed E-state index contributed by atoms with van der Waals surface area (Å²) in [6.45, 7) is 0. The number of hydrogen-bond acceptors (Lipinski definition) is 0. The number of hydrogen-bond donors (Lipinski definition) is 0. The first-order chi connectivity index (χ1) is 10.2. The fourth-order valence-electron chi connectivity index (χ4n) is 2.81. The third kappa shape index (κ3) is 2.68. The molecule has 0 saturated carbocycles. The first-order valence-electron chi connectivity index (χ1n) is 7.12. The van der Waals surface area contributed by atoms with Crippen LogP contribution in [0.25, 0.3) is 0 Å². The monoisotopic (exact) mass is 298 g/mol. The summed E-state index contributed by atoms with van der Waals surface area (Å²) in [5.74, 6) is -0.173. The van der Waals surface area contributed by atoms with Crippen LogP contribution >= 0.6 is 10.0 Å². The minimum atomic E-state index is -1.22. The highest BCUT2D eigenvalue weighted by molar-refractivity contribution is 8.33. The van der Waals surface area contributed by atoms with Crippen molar-refractivity contribution < 1.29 is 4.39 Å². The van der Waals surface area contributed by atoms with E-state index in [2.05, 4.69) is 54.8 Å². The summed E-state index contributed by atoms with van der Waals surface area (Å²) >= 11 is 0. The molecule has 0 spiro atoms. The lowest BCUT2D eigenvalue weighted by Gasteiger charge is -2.43. The van der Waals surface area contributed by atoms with Crippen molar-refractivity contribution in [3.63, 3.8) is 0 Å². The molecule has 1 aliphatic rings. The Bertz CT molecular complexity index is 658. The van der Waals surface area contributed by atoms with Crippen molar-refractivity contribution in [1.29, 1.82) is 0 Å². The third-order valence-corrected chi connectivity index (χ3v) is 8.15. The SMILES string of the molecule is CS(c1ccccc1)(c1ccc(F)cc1)C1C=CC=CC1. The lowest BCUT2D eigenvalue weighted by Crippen LogP contribution is -2.17. The van der Waals surface area contributed by atoms with Crippen LogP contribution in [0.1, 0.15) is 6.42 Å². The highest BCUT2D eigenvalue weighted by Gasteiger charge is 2.31. The number of benzene rings is 2. The highest BCUT2D eigenvalue weighted by atomic mass is 32.3. The molecule has 2 unspecified atom stereocenters. The van der Waals surface area contributed by atoms with Crippen molar-refractivity contribution in [2.45, 2.75) is 21.5 Å². The van der Waals surface area contributed by atoms with E-state index < -0.39 is 10.0 Å². The van der Waals surface area contributed by atoms with Crippen LogP contribution in [0.15, 0.2) is 88.7 Å². The Balaban J connectivity index is 2.12. The second-order valence-corrected chi connectivity index (χ2v) is 8.85. The zero-order valence-corrected chi connectivity index (χ0v) is 12.9. The molecule has 0 bridgehead atoms. The van der Waals surface area contributed by atoms with Crippen LogP contribution in [0.5, 0.6) is 0 Å². The molecule has 0 fully saturated rings. The van der Waals surface area contributed by atoms with E-state index in [1.165, 1.54) is 9.79 Å². The van der Waals surface area contributed by atoms with E-state index in [1.54, 1.807) is 12.1 Å². The van der Waals surface area contributed by atoms with Crippen LogP contribution in [-0.2, 0) is 0 Å². The standard InChI is InChI=1S/C19H19FS/c1-21(17-8-4-2-5-9-17,18-10-6-3-7-11-18)19-14-12-16(20)13-15-19/h2-10,12-15,18H,11H2,1H3. The lowest BCUT2D eigenvalue weighted by atomic mass is 10.2. The Labute approximate surface area is 127 Å². The van der Waals surface area contributed by atoms with Crippen LogP contribution in [0.4, 0.5) is 4.39 Å². The maximum absolute atomic E-state index is 13.3. The molecule has 2 aromatic carbocycles. The minimum absolute atomic E-state index is 0.173. The smallest absolute Gasteiger partial charge is 0.123 e. The zero-order chi connectivity index (χ0) is 14.7. The Hall–Kier alpha value is -1.80. The van der Waals surface area contributed by atoms with Gasteiger partial charge in [-0.15, -0.1) is 0 Å². The fraction of sp³-hybridized carbons (Fsp3) is 0.158. The van der Waals surface area contributed by atoms with Crippen molar-refractivity contribution in [3.05, 3.63) is 84.7 Å². The normalized spacial score (nSPS) is 21.7. The van der Waals surface area contributed by atoms with Crippen LogP contribution in [-0.4, -0.2) is 11.5 Å². The van der Waals surface area contributed by atoms with E-state index in [4.69, 9.17) is 0 Å². The van der Waals surface area contributed by atoms with Crippen molar-refractivity contribution >= 4 is 10.0 Å². The Morgan fingerprint density at radius 1 is 0.905 bits per heavy atom. The molecule has 0 nitrogen and oxygen atoms in total.